The number of aromatic nitrogens is 4. The molecule has 40 heavy (non-hydrogen) atoms. The number of hydrogen-bond donors (Lipinski definition) is 2. The average molecular weight is 535 g/mol. The van der Waals surface area contributed by atoms with Crippen LogP contribution in [0, 0.1) is 20.2 Å². The lowest BCUT2D eigenvalue weighted by Gasteiger charge is -2.14. The van der Waals surface area contributed by atoms with Crippen molar-refractivity contribution in [1.82, 2.24) is 19.1 Å². The van der Waals surface area contributed by atoms with Gasteiger partial charge in [-0.15, -0.1) is 0 Å². The van der Waals surface area contributed by atoms with Crippen LogP contribution in [-0.4, -0.2) is 28.9 Å². The van der Waals surface area contributed by atoms with E-state index in [1.807, 2.05) is 69.8 Å². The van der Waals surface area contributed by atoms with Crippen LogP contribution < -0.4 is 10.9 Å². The number of fused-ring (bicyclic) bond motifs is 2. The van der Waals surface area contributed by atoms with Crippen LogP contribution in [0.5, 0.6) is 0 Å². The number of nitro groups is 2. The SMILES string of the molecule is O=[N+]([O-])c1ccc2c(c1)nc(NNc1nc3cc([N+](=O)[O-])ccc3n1Cc1ccccc1)n2Cc1ccccc1. The van der Waals surface area contributed by atoms with Gasteiger partial charge in [-0.05, 0) is 23.3 Å². The molecule has 12 heteroatoms. The molecule has 0 aliphatic heterocycles. The van der Waals surface area contributed by atoms with Crippen molar-refractivity contribution in [2.45, 2.75) is 13.1 Å². The molecule has 2 heterocycles. The van der Waals surface area contributed by atoms with Crippen LogP contribution in [-0.2, 0) is 13.1 Å². The molecule has 6 aromatic rings. The molecule has 0 fully saturated rings. The third kappa shape index (κ3) is 4.76. The van der Waals surface area contributed by atoms with Gasteiger partial charge in [0.25, 0.3) is 11.4 Å². The highest BCUT2D eigenvalue weighted by molar-refractivity contribution is 5.83. The Morgan fingerprint density at radius 2 is 1.00 bits per heavy atom. The van der Waals surface area contributed by atoms with E-state index < -0.39 is 9.85 Å². The zero-order chi connectivity index (χ0) is 27.6. The van der Waals surface area contributed by atoms with Gasteiger partial charge in [0, 0.05) is 24.3 Å². The van der Waals surface area contributed by atoms with Crippen molar-refractivity contribution in [3.05, 3.63) is 128 Å². The van der Waals surface area contributed by atoms with Crippen molar-refractivity contribution < 1.29 is 9.85 Å². The fourth-order valence-electron chi connectivity index (χ4n) is 4.62. The maximum Gasteiger partial charge on any atom is 0.271 e. The summed E-state index contributed by atoms with van der Waals surface area (Å²) < 4.78 is 3.83. The summed E-state index contributed by atoms with van der Waals surface area (Å²) in [5.41, 5.74) is 10.5. The van der Waals surface area contributed by atoms with Gasteiger partial charge in [0.1, 0.15) is 0 Å². The number of imidazole rings is 2. The zero-order valence-corrected chi connectivity index (χ0v) is 21.0. The van der Waals surface area contributed by atoms with Gasteiger partial charge >= 0.3 is 0 Å². The van der Waals surface area contributed by atoms with E-state index in [1.54, 1.807) is 12.1 Å². The minimum atomic E-state index is -0.452. The van der Waals surface area contributed by atoms with Crippen molar-refractivity contribution >= 4 is 45.3 Å². The smallest absolute Gasteiger partial charge is 0.271 e. The van der Waals surface area contributed by atoms with E-state index in [4.69, 9.17) is 0 Å². The van der Waals surface area contributed by atoms with Crippen LogP contribution >= 0.6 is 0 Å². The maximum atomic E-state index is 11.4. The van der Waals surface area contributed by atoms with E-state index in [1.165, 1.54) is 24.3 Å². The summed E-state index contributed by atoms with van der Waals surface area (Å²) in [6.45, 7) is 0.928. The predicted molar refractivity (Wildman–Crippen MR) is 151 cm³/mol. The number of nitrogens with one attached hydrogen (secondary N) is 2. The minimum Gasteiger partial charge on any atom is -0.304 e. The molecule has 0 aliphatic rings. The Bertz CT molecular complexity index is 1730. The molecule has 0 atom stereocenters. The topological polar surface area (TPSA) is 146 Å². The monoisotopic (exact) mass is 534 g/mol. The van der Waals surface area contributed by atoms with Crippen LogP contribution in [0.3, 0.4) is 0 Å². The summed E-state index contributed by atoms with van der Waals surface area (Å²) >= 11 is 0. The van der Waals surface area contributed by atoms with Crippen LogP contribution in [0.2, 0.25) is 0 Å². The second-order valence-corrected chi connectivity index (χ2v) is 9.12. The molecule has 0 unspecified atom stereocenters. The Hall–Kier alpha value is -5.78. The third-order valence-electron chi connectivity index (χ3n) is 6.54. The number of benzene rings is 4. The normalized spacial score (nSPS) is 11.1. The summed E-state index contributed by atoms with van der Waals surface area (Å²) in [4.78, 5) is 31.1. The van der Waals surface area contributed by atoms with Crippen LogP contribution in [0.25, 0.3) is 22.1 Å². The summed E-state index contributed by atoms with van der Waals surface area (Å²) in [7, 11) is 0. The lowest BCUT2D eigenvalue weighted by Crippen LogP contribution is -2.18. The van der Waals surface area contributed by atoms with Crippen LogP contribution in [0.1, 0.15) is 11.1 Å². The predicted octanol–water partition coefficient (Wildman–Crippen LogP) is 5.74. The summed E-state index contributed by atoms with van der Waals surface area (Å²) in [6.07, 6.45) is 0. The Kier molecular flexibility index (Phi) is 6.24. The minimum absolute atomic E-state index is 0.0531. The van der Waals surface area contributed by atoms with E-state index in [-0.39, 0.29) is 11.4 Å². The second kappa shape index (κ2) is 10.2. The molecular formula is C28H22N8O4. The molecule has 6 rings (SSSR count). The molecule has 0 amide bonds. The van der Waals surface area contributed by atoms with E-state index >= 15 is 0 Å². The molecule has 198 valence electrons. The lowest BCUT2D eigenvalue weighted by molar-refractivity contribution is -0.384. The number of anilines is 2. The van der Waals surface area contributed by atoms with E-state index in [0.717, 1.165) is 11.1 Å². The van der Waals surface area contributed by atoms with Crippen molar-refractivity contribution in [2.24, 2.45) is 0 Å². The maximum absolute atomic E-state index is 11.4. The van der Waals surface area contributed by atoms with Gasteiger partial charge in [-0.3, -0.25) is 31.1 Å². The molecule has 4 aromatic carbocycles. The largest absolute Gasteiger partial charge is 0.304 e. The molecule has 0 spiro atoms. The Morgan fingerprint density at radius 1 is 0.600 bits per heavy atom. The van der Waals surface area contributed by atoms with Crippen molar-refractivity contribution in [1.29, 1.82) is 0 Å². The molecule has 12 nitrogen and oxygen atoms in total. The van der Waals surface area contributed by atoms with Crippen LogP contribution in [0.4, 0.5) is 23.3 Å². The Morgan fingerprint density at radius 3 is 1.38 bits per heavy atom. The molecule has 0 saturated heterocycles. The molecule has 0 saturated carbocycles. The molecular weight excluding hydrogens is 512 g/mol. The Labute approximate surface area is 226 Å². The Balaban J connectivity index is 1.40. The van der Waals surface area contributed by atoms with Gasteiger partial charge in [0.05, 0.1) is 45.0 Å². The lowest BCUT2D eigenvalue weighted by atomic mass is 10.2. The van der Waals surface area contributed by atoms with Crippen molar-refractivity contribution in [3.63, 3.8) is 0 Å². The van der Waals surface area contributed by atoms with Gasteiger partial charge in [-0.1, -0.05) is 60.7 Å². The molecule has 2 aromatic heterocycles. The first-order valence-electron chi connectivity index (χ1n) is 12.4. The fourth-order valence-corrected chi connectivity index (χ4v) is 4.62. The highest BCUT2D eigenvalue weighted by Crippen LogP contribution is 2.28. The quantitative estimate of drug-likeness (QED) is 0.176. The van der Waals surface area contributed by atoms with Gasteiger partial charge in [0.15, 0.2) is 0 Å². The van der Waals surface area contributed by atoms with E-state index in [0.29, 0.717) is 47.1 Å². The second-order valence-electron chi connectivity index (χ2n) is 9.12. The number of rotatable bonds is 9. The number of nitrogens with zero attached hydrogens (tertiary/aromatic N) is 6. The number of hydrazine groups is 1. The van der Waals surface area contributed by atoms with Gasteiger partial charge in [-0.25, -0.2) is 9.97 Å². The highest BCUT2D eigenvalue weighted by atomic mass is 16.6. The number of hydrogen-bond acceptors (Lipinski definition) is 8. The average Bonchev–Trinajstić information content (AvgIpc) is 3.49. The van der Waals surface area contributed by atoms with Gasteiger partial charge in [-0.2, -0.15) is 0 Å². The van der Waals surface area contributed by atoms with E-state index in [9.17, 15) is 20.2 Å². The number of non-ortho nitro benzene ring substituents is 2. The van der Waals surface area contributed by atoms with Crippen molar-refractivity contribution in [2.75, 3.05) is 10.9 Å². The third-order valence-corrected chi connectivity index (χ3v) is 6.54. The number of nitro benzene ring substituents is 2. The first-order valence-corrected chi connectivity index (χ1v) is 12.4. The summed E-state index contributed by atoms with van der Waals surface area (Å²) in [5.74, 6) is 0.840. The standard InChI is InChI=1S/C28H22N8O4/c37-35(38)21-11-13-25-23(15-21)29-27(33(25)17-19-7-3-1-4-8-19)31-32-28-30-24-16-22(36(39)40)12-14-26(24)34(28)18-20-9-5-2-6-10-20/h1-16H,17-18H2,(H,29,31)(H,30,32). The van der Waals surface area contributed by atoms with E-state index in [2.05, 4.69) is 20.8 Å². The highest BCUT2D eigenvalue weighted by Gasteiger charge is 2.18. The molecule has 0 aliphatic carbocycles. The fraction of sp³-hybridized carbons (Fsp3) is 0.0714. The summed E-state index contributed by atoms with van der Waals surface area (Å²) in [5, 5.41) is 22.7. The zero-order valence-electron chi connectivity index (χ0n) is 21.0. The van der Waals surface area contributed by atoms with Crippen molar-refractivity contribution in [3.8, 4) is 0 Å². The molecule has 0 bridgehead atoms. The first-order chi connectivity index (χ1) is 19.5. The van der Waals surface area contributed by atoms with Gasteiger partial charge in [0.2, 0.25) is 11.9 Å². The summed E-state index contributed by atoms with van der Waals surface area (Å²) in [6, 6.07) is 28.7. The van der Waals surface area contributed by atoms with Crippen LogP contribution in [0.15, 0.2) is 97.1 Å². The van der Waals surface area contributed by atoms with Gasteiger partial charge < -0.3 is 9.13 Å². The molecule has 2 N–H and O–H groups in total. The molecule has 0 radical (unpaired) electrons. The first kappa shape index (κ1) is 24.6.